The third-order valence-electron chi connectivity index (χ3n) is 2.97. The second-order valence-corrected chi connectivity index (χ2v) is 4.69. The van der Waals surface area contributed by atoms with Crippen LogP contribution >= 0.6 is 11.6 Å². The highest BCUT2D eigenvalue weighted by molar-refractivity contribution is 6.29. The Morgan fingerprint density at radius 2 is 2.53 bits per heavy atom. The van der Waals surface area contributed by atoms with Gasteiger partial charge in [-0.3, -0.25) is 5.43 Å². The van der Waals surface area contributed by atoms with E-state index >= 15 is 0 Å². The van der Waals surface area contributed by atoms with Crippen LogP contribution in [-0.4, -0.2) is 43.3 Å². The van der Waals surface area contributed by atoms with E-state index in [9.17, 15) is 0 Å². The first-order valence-electron chi connectivity index (χ1n) is 5.88. The van der Waals surface area contributed by atoms with Crippen LogP contribution in [0.4, 0.5) is 0 Å². The third kappa shape index (κ3) is 3.92. The number of nitrogens with zero attached hydrogens (tertiary/aromatic N) is 2. The lowest BCUT2D eigenvalue weighted by Crippen LogP contribution is -2.39. The number of hydrogen-bond acceptors (Lipinski definition) is 4. The SMILES string of the molecule is CNN1CCOCC(Cc2ccnc(Cl)c2)C1. The van der Waals surface area contributed by atoms with E-state index in [0.717, 1.165) is 32.7 Å². The predicted octanol–water partition coefficient (Wildman–Crippen LogP) is 1.36. The van der Waals surface area contributed by atoms with Gasteiger partial charge in [0.2, 0.25) is 0 Å². The Bertz CT molecular complexity index is 361. The summed E-state index contributed by atoms with van der Waals surface area (Å²) in [5.74, 6) is 0.489. The van der Waals surface area contributed by atoms with Crippen LogP contribution in [0.1, 0.15) is 5.56 Å². The van der Waals surface area contributed by atoms with Gasteiger partial charge in [-0.25, -0.2) is 9.99 Å². The van der Waals surface area contributed by atoms with E-state index in [4.69, 9.17) is 16.3 Å². The van der Waals surface area contributed by atoms with Gasteiger partial charge in [0.05, 0.1) is 13.2 Å². The maximum atomic E-state index is 5.89. The van der Waals surface area contributed by atoms with Crippen LogP contribution in [0.5, 0.6) is 0 Å². The molecule has 4 nitrogen and oxygen atoms in total. The molecule has 1 aliphatic heterocycles. The molecule has 1 saturated heterocycles. The molecule has 0 aromatic carbocycles. The molecule has 0 saturated carbocycles. The minimum Gasteiger partial charge on any atom is -0.380 e. The van der Waals surface area contributed by atoms with Gasteiger partial charge < -0.3 is 4.74 Å². The number of halogens is 1. The van der Waals surface area contributed by atoms with Crippen LogP contribution in [0, 0.1) is 5.92 Å². The highest BCUT2D eigenvalue weighted by Crippen LogP contribution is 2.15. The van der Waals surface area contributed by atoms with Crippen molar-refractivity contribution in [3.8, 4) is 0 Å². The molecule has 5 heteroatoms. The molecule has 0 aliphatic carbocycles. The van der Waals surface area contributed by atoms with Gasteiger partial charge in [-0.1, -0.05) is 11.6 Å². The second kappa shape index (κ2) is 6.31. The fourth-order valence-corrected chi connectivity index (χ4v) is 2.31. The zero-order valence-corrected chi connectivity index (χ0v) is 10.8. The number of ether oxygens (including phenoxy) is 1. The van der Waals surface area contributed by atoms with Crippen molar-refractivity contribution in [3.05, 3.63) is 29.0 Å². The molecule has 0 radical (unpaired) electrons. The molecule has 94 valence electrons. The molecule has 1 fully saturated rings. The minimum atomic E-state index is 0.489. The average Bonchev–Trinajstić information content (AvgIpc) is 2.54. The molecule has 1 atom stereocenters. The van der Waals surface area contributed by atoms with Crippen LogP contribution in [0.3, 0.4) is 0 Å². The lowest BCUT2D eigenvalue weighted by molar-refractivity contribution is 0.120. The highest BCUT2D eigenvalue weighted by atomic mass is 35.5. The second-order valence-electron chi connectivity index (χ2n) is 4.30. The number of rotatable bonds is 3. The summed E-state index contributed by atoms with van der Waals surface area (Å²) in [5.41, 5.74) is 4.40. The fraction of sp³-hybridized carbons (Fsp3) is 0.583. The predicted molar refractivity (Wildman–Crippen MR) is 67.9 cm³/mol. The topological polar surface area (TPSA) is 37.4 Å². The smallest absolute Gasteiger partial charge is 0.129 e. The van der Waals surface area contributed by atoms with E-state index in [1.165, 1.54) is 5.56 Å². The van der Waals surface area contributed by atoms with Crippen LogP contribution in [0.25, 0.3) is 0 Å². The molecule has 2 rings (SSSR count). The van der Waals surface area contributed by atoms with E-state index in [-0.39, 0.29) is 0 Å². The molecule has 1 N–H and O–H groups in total. The molecule has 1 aliphatic rings. The number of hydrogen-bond donors (Lipinski definition) is 1. The minimum absolute atomic E-state index is 0.489. The summed E-state index contributed by atoms with van der Waals surface area (Å²) in [4.78, 5) is 3.99. The third-order valence-corrected chi connectivity index (χ3v) is 3.18. The fourth-order valence-electron chi connectivity index (χ4n) is 2.11. The Balaban J connectivity index is 1.97. The number of hydrazine groups is 1. The van der Waals surface area contributed by atoms with Gasteiger partial charge in [0.15, 0.2) is 0 Å². The lowest BCUT2D eigenvalue weighted by atomic mass is 10.0. The summed E-state index contributed by atoms with van der Waals surface area (Å²) in [7, 11) is 1.95. The Kier molecular flexibility index (Phi) is 4.74. The van der Waals surface area contributed by atoms with Gasteiger partial charge in [0.1, 0.15) is 5.15 Å². The number of aromatic nitrogens is 1. The van der Waals surface area contributed by atoms with Gasteiger partial charge in [0, 0.05) is 25.2 Å². The maximum absolute atomic E-state index is 5.89. The molecule has 17 heavy (non-hydrogen) atoms. The summed E-state index contributed by atoms with van der Waals surface area (Å²) in [5, 5.41) is 2.75. The maximum Gasteiger partial charge on any atom is 0.129 e. The Labute approximate surface area is 107 Å². The van der Waals surface area contributed by atoms with Gasteiger partial charge in [0.25, 0.3) is 0 Å². The molecule has 0 spiro atoms. The molecule has 1 unspecified atom stereocenters. The van der Waals surface area contributed by atoms with Crippen molar-refractivity contribution in [1.29, 1.82) is 0 Å². The number of pyridine rings is 1. The van der Waals surface area contributed by atoms with Gasteiger partial charge in [-0.15, -0.1) is 0 Å². The highest BCUT2D eigenvalue weighted by Gasteiger charge is 2.18. The summed E-state index contributed by atoms with van der Waals surface area (Å²) < 4.78 is 5.61. The average molecular weight is 256 g/mol. The van der Waals surface area contributed by atoms with Gasteiger partial charge in [-0.2, -0.15) is 0 Å². The largest absolute Gasteiger partial charge is 0.380 e. The molecule has 0 bridgehead atoms. The van der Waals surface area contributed by atoms with Crippen molar-refractivity contribution in [2.75, 3.05) is 33.4 Å². The van der Waals surface area contributed by atoms with Crippen molar-refractivity contribution < 1.29 is 4.74 Å². The first-order chi connectivity index (χ1) is 8.28. The van der Waals surface area contributed by atoms with Crippen LogP contribution in [-0.2, 0) is 11.2 Å². The normalized spacial score (nSPS) is 22.4. The summed E-state index contributed by atoms with van der Waals surface area (Å²) in [6, 6.07) is 3.94. The number of nitrogens with one attached hydrogen (secondary N) is 1. The first-order valence-corrected chi connectivity index (χ1v) is 6.26. The Morgan fingerprint density at radius 1 is 1.65 bits per heavy atom. The molecule has 2 heterocycles. The molecule has 0 amide bonds. The van der Waals surface area contributed by atoms with Crippen molar-refractivity contribution in [1.82, 2.24) is 15.4 Å². The van der Waals surface area contributed by atoms with E-state index in [0.29, 0.717) is 11.1 Å². The van der Waals surface area contributed by atoms with E-state index in [2.05, 4.69) is 15.4 Å². The molecule has 1 aromatic heterocycles. The van der Waals surface area contributed by atoms with Gasteiger partial charge >= 0.3 is 0 Å². The molecular formula is C12H18ClN3O. The summed E-state index contributed by atoms with van der Waals surface area (Å²) >= 11 is 5.89. The van der Waals surface area contributed by atoms with Gasteiger partial charge in [-0.05, 0) is 31.2 Å². The van der Waals surface area contributed by atoms with Crippen molar-refractivity contribution in [3.63, 3.8) is 0 Å². The molecular weight excluding hydrogens is 238 g/mol. The van der Waals surface area contributed by atoms with Crippen molar-refractivity contribution in [2.24, 2.45) is 5.92 Å². The van der Waals surface area contributed by atoms with E-state index in [1.807, 2.05) is 19.2 Å². The lowest BCUT2D eigenvalue weighted by Gasteiger charge is -2.22. The van der Waals surface area contributed by atoms with Crippen molar-refractivity contribution >= 4 is 11.6 Å². The van der Waals surface area contributed by atoms with Crippen LogP contribution in [0.2, 0.25) is 5.15 Å². The summed E-state index contributed by atoms with van der Waals surface area (Å²) in [6.45, 7) is 3.52. The standard InChI is InChI=1S/C12H18ClN3O/c1-14-16-4-5-17-9-11(8-16)6-10-2-3-15-12(13)7-10/h2-3,7,11,14H,4-6,8-9H2,1H3. The zero-order valence-electron chi connectivity index (χ0n) is 10.0. The zero-order chi connectivity index (χ0) is 12.1. The summed E-state index contributed by atoms with van der Waals surface area (Å²) in [6.07, 6.45) is 2.73. The van der Waals surface area contributed by atoms with Crippen LogP contribution < -0.4 is 5.43 Å². The monoisotopic (exact) mass is 255 g/mol. The van der Waals surface area contributed by atoms with Crippen molar-refractivity contribution in [2.45, 2.75) is 6.42 Å². The van der Waals surface area contributed by atoms with E-state index < -0.39 is 0 Å². The first kappa shape index (κ1) is 12.8. The Hall–Kier alpha value is -0.680. The van der Waals surface area contributed by atoms with Crippen LogP contribution in [0.15, 0.2) is 18.3 Å². The van der Waals surface area contributed by atoms with E-state index in [1.54, 1.807) is 6.20 Å². The molecule has 1 aromatic rings. The quantitative estimate of drug-likeness (QED) is 0.828. The Morgan fingerprint density at radius 3 is 3.29 bits per heavy atom.